The highest BCUT2D eigenvalue weighted by atomic mass is 19.4. The summed E-state index contributed by atoms with van der Waals surface area (Å²) in [6.45, 7) is 4.28. The van der Waals surface area contributed by atoms with Crippen molar-refractivity contribution in [1.82, 2.24) is 10.6 Å². The van der Waals surface area contributed by atoms with E-state index in [1.807, 2.05) is 6.92 Å². The van der Waals surface area contributed by atoms with E-state index in [4.69, 9.17) is 11.2 Å². The number of nitrogens with one attached hydrogen (secondary N) is 2. The number of hydrogen-bond donors (Lipinski definition) is 2. The molecule has 0 amide bonds. The van der Waals surface area contributed by atoms with Gasteiger partial charge in [0, 0.05) is 25.2 Å². The standard InChI is InChI=1S/C19H24F3N3O/c1-3-10-24-17(23-4-2)25-14-18(8-11-26-12-9-18)15-6-5-7-16(13-15)19(20,21)22/h1,5-7,13H,4,8-12,14H2,2H3,(H2,23,24,25). The minimum absolute atomic E-state index is 0.325. The van der Waals surface area contributed by atoms with Crippen LogP contribution >= 0.6 is 0 Å². The van der Waals surface area contributed by atoms with Crippen molar-refractivity contribution in [2.45, 2.75) is 31.4 Å². The van der Waals surface area contributed by atoms with E-state index in [1.165, 1.54) is 12.1 Å². The second-order valence-corrected chi connectivity index (χ2v) is 6.22. The normalized spacial score (nSPS) is 17.4. The van der Waals surface area contributed by atoms with Crippen molar-refractivity contribution in [1.29, 1.82) is 0 Å². The molecule has 7 heteroatoms. The van der Waals surface area contributed by atoms with Crippen molar-refractivity contribution >= 4 is 5.96 Å². The van der Waals surface area contributed by atoms with E-state index in [0.717, 1.165) is 6.07 Å². The summed E-state index contributed by atoms with van der Waals surface area (Å²) in [5, 5.41) is 6.10. The van der Waals surface area contributed by atoms with E-state index in [1.54, 1.807) is 6.07 Å². The molecule has 1 aliphatic rings. The van der Waals surface area contributed by atoms with Crippen LogP contribution in [0.3, 0.4) is 0 Å². The van der Waals surface area contributed by atoms with Crippen molar-refractivity contribution in [3.05, 3.63) is 35.4 Å². The molecule has 4 nitrogen and oxygen atoms in total. The van der Waals surface area contributed by atoms with Crippen LogP contribution in [0.4, 0.5) is 13.2 Å². The zero-order valence-electron chi connectivity index (χ0n) is 14.8. The van der Waals surface area contributed by atoms with E-state index in [-0.39, 0.29) is 0 Å². The van der Waals surface area contributed by atoms with Crippen molar-refractivity contribution in [2.75, 3.05) is 32.8 Å². The smallest absolute Gasteiger partial charge is 0.381 e. The number of guanidine groups is 1. The van der Waals surface area contributed by atoms with E-state index in [9.17, 15) is 13.2 Å². The molecule has 1 heterocycles. The molecule has 0 atom stereocenters. The lowest BCUT2D eigenvalue weighted by Crippen LogP contribution is -2.41. The van der Waals surface area contributed by atoms with Crippen LogP contribution in [0.2, 0.25) is 0 Å². The largest absolute Gasteiger partial charge is 0.416 e. The number of benzene rings is 1. The van der Waals surface area contributed by atoms with E-state index in [0.29, 0.717) is 57.2 Å². The topological polar surface area (TPSA) is 45.7 Å². The van der Waals surface area contributed by atoms with Gasteiger partial charge in [-0.25, -0.2) is 0 Å². The summed E-state index contributed by atoms with van der Waals surface area (Å²) in [5.74, 6) is 3.04. The van der Waals surface area contributed by atoms with Gasteiger partial charge in [0.15, 0.2) is 5.96 Å². The zero-order valence-corrected chi connectivity index (χ0v) is 14.8. The Morgan fingerprint density at radius 1 is 1.31 bits per heavy atom. The molecule has 2 rings (SSSR count). The third kappa shape index (κ3) is 5.15. The Kier molecular flexibility index (Phi) is 6.92. The van der Waals surface area contributed by atoms with Crippen LogP contribution in [0.1, 0.15) is 30.9 Å². The number of aliphatic imine (C=N–C) groups is 1. The second kappa shape index (κ2) is 8.95. The first kappa shape index (κ1) is 20.1. The average Bonchev–Trinajstić information content (AvgIpc) is 2.64. The Morgan fingerprint density at radius 2 is 2.04 bits per heavy atom. The fourth-order valence-electron chi connectivity index (χ4n) is 3.03. The van der Waals surface area contributed by atoms with Gasteiger partial charge in [0.25, 0.3) is 0 Å². The molecule has 2 N–H and O–H groups in total. The Balaban J connectivity index is 2.32. The summed E-state index contributed by atoms with van der Waals surface area (Å²) in [4.78, 5) is 4.58. The molecule has 0 saturated carbocycles. The van der Waals surface area contributed by atoms with Crippen molar-refractivity contribution in [3.63, 3.8) is 0 Å². The molecule has 0 spiro atoms. The fraction of sp³-hybridized carbons (Fsp3) is 0.526. The first-order chi connectivity index (χ1) is 12.4. The Morgan fingerprint density at radius 3 is 2.65 bits per heavy atom. The highest BCUT2D eigenvalue weighted by Crippen LogP contribution is 2.38. The summed E-state index contributed by atoms with van der Waals surface area (Å²) in [6.07, 6.45) is 2.14. The maximum absolute atomic E-state index is 13.1. The van der Waals surface area contributed by atoms with Crippen molar-refractivity contribution < 1.29 is 17.9 Å². The summed E-state index contributed by atoms with van der Waals surface area (Å²) in [7, 11) is 0. The van der Waals surface area contributed by atoms with Gasteiger partial charge in [0.1, 0.15) is 0 Å². The number of alkyl halides is 3. The van der Waals surface area contributed by atoms with Crippen molar-refractivity contribution in [3.8, 4) is 12.3 Å². The highest BCUT2D eigenvalue weighted by molar-refractivity contribution is 5.80. The van der Waals surface area contributed by atoms with Crippen LogP contribution in [0, 0.1) is 12.3 Å². The second-order valence-electron chi connectivity index (χ2n) is 6.22. The number of nitrogens with zero attached hydrogens (tertiary/aromatic N) is 1. The lowest BCUT2D eigenvalue weighted by Gasteiger charge is -2.37. The van der Waals surface area contributed by atoms with Crippen LogP contribution in [0.25, 0.3) is 0 Å². The summed E-state index contributed by atoms with van der Waals surface area (Å²) >= 11 is 0. The van der Waals surface area contributed by atoms with Gasteiger partial charge >= 0.3 is 6.18 Å². The summed E-state index contributed by atoms with van der Waals surface area (Å²) in [6, 6.07) is 5.54. The van der Waals surface area contributed by atoms with Gasteiger partial charge < -0.3 is 15.4 Å². The minimum atomic E-state index is -4.37. The third-order valence-electron chi connectivity index (χ3n) is 4.49. The molecular weight excluding hydrogens is 343 g/mol. The molecule has 26 heavy (non-hydrogen) atoms. The number of halogens is 3. The zero-order chi connectivity index (χ0) is 19.0. The average molecular weight is 367 g/mol. The third-order valence-corrected chi connectivity index (χ3v) is 4.49. The number of rotatable bonds is 5. The van der Waals surface area contributed by atoms with E-state index >= 15 is 0 Å². The molecular formula is C19H24F3N3O. The van der Waals surface area contributed by atoms with Crippen LogP contribution < -0.4 is 10.6 Å². The maximum atomic E-state index is 13.1. The molecule has 1 aromatic carbocycles. The van der Waals surface area contributed by atoms with Gasteiger partial charge in [-0.15, -0.1) is 6.42 Å². The van der Waals surface area contributed by atoms with Crippen LogP contribution in [-0.2, 0) is 16.3 Å². The molecule has 1 aliphatic heterocycles. The molecule has 0 bridgehead atoms. The van der Waals surface area contributed by atoms with Gasteiger partial charge in [-0.1, -0.05) is 24.1 Å². The Labute approximate surface area is 152 Å². The fourth-order valence-corrected chi connectivity index (χ4v) is 3.03. The lowest BCUT2D eigenvalue weighted by molar-refractivity contribution is -0.137. The van der Waals surface area contributed by atoms with Gasteiger partial charge in [0.2, 0.25) is 0 Å². The maximum Gasteiger partial charge on any atom is 0.416 e. The molecule has 0 unspecified atom stereocenters. The van der Waals surface area contributed by atoms with E-state index in [2.05, 4.69) is 21.5 Å². The molecule has 0 aromatic heterocycles. The van der Waals surface area contributed by atoms with Gasteiger partial charge in [-0.3, -0.25) is 4.99 Å². The van der Waals surface area contributed by atoms with Gasteiger partial charge in [-0.05, 0) is 31.4 Å². The predicted octanol–water partition coefficient (Wildman–Crippen LogP) is 2.94. The monoisotopic (exact) mass is 367 g/mol. The summed E-state index contributed by atoms with van der Waals surface area (Å²) < 4.78 is 44.8. The quantitative estimate of drug-likeness (QED) is 0.478. The Hall–Kier alpha value is -2.20. The molecule has 1 aromatic rings. The molecule has 1 saturated heterocycles. The van der Waals surface area contributed by atoms with Gasteiger partial charge in [-0.2, -0.15) is 13.2 Å². The number of terminal acetylenes is 1. The molecule has 0 aliphatic carbocycles. The van der Waals surface area contributed by atoms with Crippen LogP contribution in [-0.4, -0.2) is 38.8 Å². The Bertz CT molecular complexity index is 659. The van der Waals surface area contributed by atoms with Crippen LogP contribution in [0.5, 0.6) is 0 Å². The van der Waals surface area contributed by atoms with Crippen LogP contribution in [0.15, 0.2) is 29.3 Å². The number of ether oxygens (including phenoxy) is 1. The molecule has 1 fully saturated rings. The first-order valence-electron chi connectivity index (χ1n) is 8.62. The molecule has 0 radical (unpaired) electrons. The lowest BCUT2D eigenvalue weighted by atomic mass is 9.74. The van der Waals surface area contributed by atoms with E-state index < -0.39 is 17.2 Å². The first-order valence-corrected chi connectivity index (χ1v) is 8.62. The predicted molar refractivity (Wildman–Crippen MR) is 96.0 cm³/mol. The van der Waals surface area contributed by atoms with Crippen molar-refractivity contribution in [2.24, 2.45) is 4.99 Å². The van der Waals surface area contributed by atoms with Gasteiger partial charge in [0.05, 0.1) is 18.7 Å². The molecule has 142 valence electrons. The highest BCUT2D eigenvalue weighted by Gasteiger charge is 2.37. The SMILES string of the molecule is C#CCNC(=NCC1(c2cccc(C(F)(F)F)c2)CCOCC1)NCC. The number of hydrogen-bond acceptors (Lipinski definition) is 2. The summed E-state index contributed by atoms with van der Waals surface area (Å²) in [5.41, 5.74) is -0.479. The minimum Gasteiger partial charge on any atom is -0.381 e.